The number of aliphatic imine (C=N–C) groups is 1. The van der Waals surface area contributed by atoms with Crippen molar-refractivity contribution in [3.63, 3.8) is 0 Å². The molecule has 0 aromatic carbocycles. The average Bonchev–Trinajstić information content (AvgIpc) is 3.11. The molecule has 1 aliphatic carbocycles. The lowest BCUT2D eigenvalue weighted by Gasteiger charge is -2.21. The molecule has 4 heteroatoms. The Labute approximate surface area is 97.5 Å². The zero-order valence-corrected chi connectivity index (χ0v) is 9.99. The first-order chi connectivity index (χ1) is 7.76. The van der Waals surface area contributed by atoms with Crippen LogP contribution >= 0.6 is 0 Å². The van der Waals surface area contributed by atoms with E-state index >= 15 is 0 Å². The van der Waals surface area contributed by atoms with Crippen LogP contribution < -0.4 is 5.73 Å². The fraction of sp³-hybridized carbons (Fsp3) is 0.917. The van der Waals surface area contributed by atoms with Gasteiger partial charge in [-0.1, -0.05) is 12.8 Å². The summed E-state index contributed by atoms with van der Waals surface area (Å²) in [6.45, 7) is 3.04. The number of nitrogens with two attached hydrogens (primary N) is 1. The minimum atomic E-state index is 0.0798. The standard InChI is InChI=1S/C12H23N3O/c13-11(14-9-12(10-16)5-6-12)15-7-3-1-2-4-8-15/h16H,1-10H2,(H2,13,14). The van der Waals surface area contributed by atoms with Crippen LogP contribution in [0.15, 0.2) is 4.99 Å². The molecule has 2 fully saturated rings. The highest BCUT2D eigenvalue weighted by atomic mass is 16.3. The lowest BCUT2D eigenvalue weighted by atomic mass is 10.1. The third kappa shape index (κ3) is 2.88. The molecule has 1 aliphatic heterocycles. The first-order valence-electron chi connectivity index (χ1n) is 6.42. The first-order valence-corrected chi connectivity index (χ1v) is 6.42. The Bertz CT molecular complexity index is 253. The van der Waals surface area contributed by atoms with Crippen molar-refractivity contribution < 1.29 is 5.11 Å². The van der Waals surface area contributed by atoms with Crippen molar-refractivity contribution in [2.75, 3.05) is 26.2 Å². The molecule has 0 amide bonds. The molecule has 1 saturated heterocycles. The lowest BCUT2D eigenvalue weighted by molar-refractivity contribution is 0.216. The van der Waals surface area contributed by atoms with Crippen LogP contribution in [-0.2, 0) is 0 Å². The van der Waals surface area contributed by atoms with E-state index in [1.165, 1.54) is 25.7 Å². The van der Waals surface area contributed by atoms with E-state index in [2.05, 4.69) is 9.89 Å². The van der Waals surface area contributed by atoms with Crippen LogP contribution in [0.4, 0.5) is 0 Å². The van der Waals surface area contributed by atoms with Crippen molar-refractivity contribution in [1.82, 2.24) is 4.90 Å². The smallest absolute Gasteiger partial charge is 0.191 e. The maximum absolute atomic E-state index is 9.20. The number of hydrogen-bond donors (Lipinski definition) is 2. The number of likely N-dealkylation sites (tertiary alicyclic amines) is 1. The van der Waals surface area contributed by atoms with Gasteiger partial charge in [-0.05, 0) is 25.7 Å². The minimum Gasteiger partial charge on any atom is -0.396 e. The predicted molar refractivity (Wildman–Crippen MR) is 65.3 cm³/mol. The maximum atomic E-state index is 9.20. The molecule has 0 unspecified atom stereocenters. The second kappa shape index (κ2) is 5.04. The summed E-state index contributed by atoms with van der Waals surface area (Å²) < 4.78 is 0. The summed E-state index contributed by atoms with van der Waals surface area (Å²) in [6, 6.07) is 0. The van der Waals surface area contributed by atoms with Gasteiger partial charge in [0.15, 0.2) is 5.96 Å². The highest BCUT2D eigenvalue weighted by Gasteiger charge is 2.41. The highest BCUT2D eigenvalue weighted by Crippen LogP contribution is 2.45. The SMILES string of the molecule is NC(=NCC1(CO)CC1)N1CCCCCC1. The van der Waals surface area contributed by atoms with Gasteiger partial charge in [0.2, 0.25) is 0 Å². The number of nitrogens with zero attached hydrogens (tertiary/aromatic N) is 2. The zero-order chi connectivity index (χ0) is 11.4. The van der Waals surface area contributed by atoms with Crippen molar-refractivity contribution in [3.8, 4) is 0 Å². The van der Waals surface area contributed by atoms with Gasteiger partial charge >= 0.3 is 0 Å². The summed E-state index contributed by atoms with van der Waals surface area (Å²) >= 11 is 0. The van der Waals surface area contributed by atoms with Crippen LogP contribution in [0.25, 0.3) is 0 Å². The molecule has 92 valence electrons. The van der Waals surface area contributed by atoms with E-state index in [0.717, 1.165) is 25.9 Å². The molecule has 3 N–H and O–H groups in total. The summed E-state index contributed by atoms with van der Waals surface area (Å²) in [5.41, 5.74) is 6.08. The Morgan fingerprint density at radius 2 is 1.81 bits per heavy atom. The Hall–Kier alpha value is -0.770. The number of guanidine groups is 1. The van der Waals surface area contributed by atoms with Gasteiger partial charge in [-0.2, -0.15) is 0 Å². The van der Waals surface area contributed by atoms with Gasteiger partial charge in [-0.15, -0.1) is 0 Å². The Kier molecular flexibility index (Phi) is 3.69. The van der Waals surface area contributed by atoms with Crippen LogP contribution in [0.3, 0.4) is 0 Å². The molecule has 0 spiro atoms. The van der Waals surface area contributed by atoms with Crippen LogP contribution in [0, 0.1) is 5.41 Å². The normalized spacial score (nSPS) is 25.3. The van der Waals surface area contributed by atoms with Crippen molar-refractivity contribution in [3.05, 3.63) is 0 Å². The predicted octanol–water partition coefficient (Wildman–Crippen LogP) is 0.950. The summed E-state index contributed by atoms with van der Waals surface area (Å²) in [7, 11) is 0. The van der Waals surface area contributed by atoms with Crippen molar-refractivity contribution in [2.45, 2.75) is 38.5 Å². The van der Waals surface area contributed by atoms with Crippen molar-refractivity contribution >= 4 is 5.96 Å². The summed E-state index contributed by atoms with van der Waals surface area (Å²) in [5, 5.41) is 9.20. The number of aliphatic hydroxyl groups excluding tert-OH is 1. The molecule has 16 heavy (non-hydrogen) atoms. The van der Waals surface area contributed by atoms with E-state index in [1.807, 2.05) is 0 Å². The first kappa shape index (κ1) is 11.7. The average molecular weight is 225 g/mol. The molecule has 0 bridgehead atoms. The van der Waals surface area contributed by atoms with Gasteiger partial charge in [0.25, 0.3) is 0 Å². The Morgan fingerprint density at radius 1 is 1.19 bits per heavy atom. The fourth-order valence-electron chi connectivity index (χ4n) is 2.19. The molecular weight excluding hydrogens is 202 g/mol. The van der Waals surface area contributed by atoms with Gasteiger partial charge in [-0.25, -0.2) is 0 Å². The molecule has 0 aromatic heterocycles. The number of rotatable bonds is 3. The third-order valence-electron chi connectivity index (χ3n) is 3.80. The van der Waals surface area contributed by atoms with Crippen LogP contribution in [0.1, 0.15) is 38.5 Å². The van der Waals surface area contributed by atoms with Gasteiger partial charge in [0, 0.05) is 18.5 Å². The van der Waals surface area contributed by atoms with Crippen molar-refractivity contribution in [1.29, 1.82) is 0 Å². The summed E-state index contributed by atoms with van der Waals surface area (Å²) in [5.74, 6) is 0.682. The largest absolute Gasteiger partial charge is 0.396 e. The molecule has 0 aromatic rings. The molecule has 1 saturated carbocycles. The highest BCUT2D eigenvalue weighted by molar-refractivity contribution is 5.78. The molecule has 2 aliphatic rings. The van der Waals surface area contributed by atoms with Gasteiger partial charge in [0.05, 0.1) is 13.2 Å². The van der Waals surface area contributed by atoms with E-state index in [0.29, 0.717) is 12.5 Å². The molecule has 4 nitrogen and oxygen atoms in total. The lowest BCUT2D eigenvalue weighted by Crippen LogP contribution is -2.38. The second-order valence-electron chi connectivity index (χ2n) is 5.23. The minimum absolute atomic E-state index is 0.0798. The second-order valence-corrected chi connectivity index (χ2v) is 5.23. The summed E-state index contributed by atoms with van der Waals surface area (Å²) in [6.07, 6.45) is 7.26. The molecular formula is C12H23N3O. The Balaban J connectivity index is 1.84. The number of aliphatic hydroxyl groups is 1. The van der Waals surface area contributed by atoms with E-state index < -0.39 is 0 Å². The molecule has 0 atom stereocenters. The van der Waals surface area contributed by atoms with E-state index in [1.54, 1.807) is 0 Å². The molecule has 1 heterocycles. The monoisotopic (exact) mass is 225 g/mol. The summed E-state index contributed by atoms with van der Waals surface area (Å²) in [4.78, 5) is 6.65. The van der Waals surface area contributed by atoms with E-state index in [-0.39, 0.29) is 12.0 Å². The maximum Gasteiger partial charge on any atom is 0.191 e. The molecule has 0 radical (unpaired) electrons. The van der Waals surface area contributed by atoms with Crippen molar-refractivity contribution in [2.24, 2.45) is 16.1 Å². The van der Waals surface area contributed by atoms with E-state index in [4.69, 9.17) is 5.73 Å². The quantitative estimate of drug-likeness (QED) is 0.555. The van der Waals surface area contributed by atoms with E-state index in [9.17, 15) is 5.11 Å². The van der Waals surface area contributed by atoms with Crippen LogP contribution in [0.2, 0.25) is 0 Å². The third-order valence-corrected chi connectivity index (χ3v) is 3.80. The number of hydrogen-bond acceptors (Lipinski definition) is 2. The van der Waals surface area contributed by atoms with Crippen LogP contribution in [-0.4, -0.2) is 42.2 Å². The van der Waals surface area contributed by atoms with Gasteiger partial charge < -0.3 is 15.7 Å². The van der Waals surface area contributed by atoms with Gasteiger partial charge in [-0.3, -0.25) is 4.99 Å². The fourth-order valence-corrected chi connectivity index (χ4v) is 2.19. The topological polar surface area (TPSA) is 61.9 Å². The zero-order valence-electron chi connectivity index (χ0n) is 9.99. The molecule has 2 rings (SSSR count). The van der Waals surface area contributed by atoms with Gasteiger partial charge in [0.1, 0.15) is 0 Å². The van der Waals surface area contributed by atoms with Crippen LogP contribution in [0.5, 0.6) is 0 Å². The Morgan fingerprint density at radius 3 is 2.31 bits per heavy atom.